The Morgan fingerprint density at radius 3 is 1.90 bits per heavy atom. The first kappa shape index (κ1) is 23.6. The summed E-state index contributed by atoms with van der Waals surface area (Å²) in [6.45, 7) is 7.50. The number of hydrogen-bond acceptors (Lipinski definition) is 4. The molecule has 0 fully saturated rings. The Hall–Kier alpha value is -2.66. The van der Waals surface area contributed by atoms with Crippen LogP contribution >= 0.6 is 0 Å². The monoisotopic (exact) mass is 411 g/mol. The molecular formula is C25H33NO4. The maximum atomic E-state index is 13.2. The quantitative estimate of drug-likeness (QED) is 0.562. The maximum Gasteiger partial charge on any atom is 0.407 e. The van der Waals surface area contributed by atoms with Crippen molar-refractivity contribution in [3.8, 4) is 0 Å². The summed E-state index contributed by atoms with van der Waals surface area (Å²) in [4.78, 5) is 25.6. The van der Waals surface area contributed by atoms with E-state index in [1.165, 1.54) is 0 Å². The lowest BCUT2D eigenvalue weighted by Crippen LogP contribution is -2.38. The SMILES string of the molecule is CC[C@H](OC(=O)N[C@@H](C)c1ccccc1)[C@H](C)C(=O)[C@@H](C)[C@H](OC)c1ccccc1. The summed E-state index contributed by atoms with van der Waals surface area (Å²) in [5.74, 6) is -0.790. The van der Waals surface area contributed by atoms with Crippen LogP contribution in [-0.4, -0.2) is 25.1 Å². The Morgan fingerprint density at radius 2 is 1.40 bits per heavy atom. The number of alkyl carbamates (subject to hydrolysis) is 1. The highest BCUT2D eigenvalue weighted by atomic mass is 16.6. The molecule has 0 aliphatic carbocycles. The van der Waals surface area contributed by atoms with Crippen molar-refractivity contribution in [1.29, 1.82) is 0 Å². The van der Waals surface area contributed by atoms with Crippen molar-refractivity contribution in [3.05, 3.63) is 71.8 Å². The molecule has 0 saturated heterocycles. The number of nitrogens with one attached hydrogen (secondary N) is 1. The molecule has 0 aliphatic rings. The zero-order valence-electron chi connectivity index (χ0n) is 18.5. The summed E-state index contributed by atoms with van der Waals surface area (Å²) in [6, 6.07) is 19.2. The molecular weight excluding hydrogens is 378 g/mol. The minimum atomic E-state index is -0.517. The highest BCUT2D eigenvalue weighted by molar-refractivity contribution is 5.84. The molecule has 2 aromatic rings. The van der Waals surface area contributed by atoms with Gasteiger partial charge in [-0.25, -0.2) is 4.79 Å². The number of ether oxygens (including phenoxy) is 2. The Balaban J connectivity index is 2.00. The van der Waals surface area contributed by atoms with E-state index in [0.717, 1.165) is 11.1 Å². The number of rotatable bonds is 10. The first-order valence-corrected chi connectivity index (χ1v) is 10.5. The van der Waals surface area contributed by atoms with E-state index in [1.807, 2.05) is 88.4 Å². The Morgan fingerprint density at radius 1 is 0.867 bits per heavy atom. The van der Waals surface area contributed by atoms with Gasteiger partial charge in [0.15, 0.2) is 0 Å². The Kier molecular flexibility index (Phi) is 9.06. The number of methoxy groups -OCH3 is 1. The van der Waals surface area contributed by atoms with Crippen LogP contribution in [0.5, 0.6) is 0 Å². The van der Waals surface area contributed by atoms with Gasteiger partial charge in [-0.05, 0) is 24.5 Å². The van der Waals surface area contributed by atoms with Crippen LogP contribution in [-0.2, 0) is 14.3 Å². The molecule has 1 N–H and O–H groups in total. The molecule has 1 amide bonds. The standard InChI is InChI=1S/C25H33NO4/c1-6-22(30-25(28)26-19(4)20-13-9-7-10-14-20)17(2)23(27)18(3)24(29-5)21-15-11-8-12-16-21/h7-19,22,24H,6H2,1-5H3,(H,26,28)/t17-,18+,19-,22-,24-/m0/s1. The predicted octanol–water partition coefficient (Wildman–Crippen LogP) is 5.48. The molecule has 0 saturated carbocycles. The highest BCUT2D eigenvalue weighted by Crippen LogP contribution is 2.29. The second kappa shape index (κ2) is 11.5. The van der Waals surface area contributed by atoms with E-state index in [0.29, 0.717) is 6.42 Å². The maximum absolute atomic E-state index is 13.2. The zero-order valence-corrected chi connectivity index (χ0v) is 18.5. The van der Waals surface area contributed by atoms with Gasteiger partial charge >= 0.3 is 6.09 Å². The van der Waals surface area contributed by atoms with E-state index in [9.17, 15) is 9.59 Å². The molecule has 2 aromatic carbocycles. The molecule has 2 rings (SSSR count). The lowest BCUT2D eigenvalue weighted by molar-refractivity contribution is -0.133. The third-order valence-electron chi connectivity index (χ3n) is 5.59. The molecule has 162 valence electrons. The van der Waals surface area contributed by atoms with Crippen LogP contribution in [0.2, 0.25) is 0 Å². The fourth-order valence-corrected chi connectivity index (χ4v) is 3.73. The molecule has 5 heteroatoms. The van der Waals surface area contributed by atoms with E-state index in [2.05, 4.69) is 5.32 Å². The first-order valence-electron chi connectivity index (χ1n) is 10.5. The smallest absolute Gasteiger partial charge is 0.407 e. The van der Waals surface area contributed by atoms with Gasteiger partial charge in [-0.15, -0.1) is 0 Å². The second-order valence-electron chi connectivity index (χ2n) is 7.68. The molecule has 0 bridgehead atoms. The fraction of sp³-hybridized carbons (Fsp3) is 0.440. The van der Waals surface area contributed by atoms with Gasteiger partial charge < -0.3 is 14.8 Å². The molecule has 0 aromatic heterocycles. The third-order valence-corrected chi connectivity index (χ3v) is 5.59. The van der Waals surface area contributed by atoms with Crippen molar-refractivity contribution in [2.45, 2.75) is 52.4 Å². The average molecular weight is 412 g/mol. The number of amides is 1. The summed E-state index contributed by atoms with van der Waals surface area (Å²) < 4.78 is 11.3. The van der Waals surface area contributed by atoms with Crippen molar-refractivity contribution < 1.29 is 19.1 Å². The van der Waals surface area contributed by atoms with Crippen molar-refractivity contribution in [1.82, 2.24) is 5.32 Å². The van der Waals surface area contributed by atoms with E-state index in [4.69, 9.17) is 9.47 Å². The second-order valence-corrected chi connectivity index (χ2v) is 7.68. The first-order chi connectivity index (χ1) is 14.4. The number of Topliss-reactive ketones (excluding diaryl/α,β-unsaturated/α-hetero) is 1. The Labute approximate surface area is 179 Å². The Bertz CT molecular complexity index is 793. The van der Waals surface area contributed by atoms with Crippen molar-refractivity contribution in [2.24, 2.45) is 11.8 Å². The van der Waals surface area contributed by atoms with E-state index < -0.39 is 18.1 Å². The number of hydrogen-bond donors (Lipinski definition) is 1. The minimum Gasteiger partial charge on any atom is -0.445 e. The fourth-order valence-electron chi connectivity index (χ4n) is 3.73. The van der Waals surface area contributed by atoms with Crippen molar-refractivity contribution >= 4 is 11.9 Å². The number of ketones is 1. The molecule has 30 heavy (non-hydrogen) atoms. The van der Waals surface area contributed by atoms with Gasteiger partial charge in [0.2, 0.25) is 0 Å². The number of benzene rings is 2. The predicted molar refractivity (Wildman–Crippen MR) is 118 cm³/mol. The van der Waals surface area contributed by atoms with Gasteiger partial charge in [-0.1, -0.05) is 81.4 Å². The summed E-state index contributed by atoms with van der Waals surface area (Å²) in [7, 11) is 1.61. The molecule has 0 aliphatic heterocycles. The van der Waals surface area contributed by atoms with Crippen LogP contribution in [0.3, 0.4) is 0 Å². The minimum absolute atomic E-state index is 0.0152. The average Bonchev–Trinajstić information content (AvgIpc) is 2.78. The highest BCUT2D eigenvalue weighted by Gasteiger charge is 2.34. The topological polar surface area (TPSA) is 64.6 Å². The summed E-state index contributed by atoms with van der Waals surface area (Å²) >= 11 is 0. The largest absolute Gasteiger partial charge is 0.445 e. The van der Waals surface area contributed by atoms with Gasteiger partial charge in [0.25, 0.3) is 0 Å². The van der Waals surface area contributed by atoms with Crippen molar-refractivity contribution in [2.75, 3.05) is 7.11 Å². The number of carbonyl (C=O) groups is 2. The lowest BCUT2D eigenvalue weighted by atomic mass is 9.84. The van der Waals surface area contributed by atoms with Gasteiger partial charge in [0.05, 0.1) is 18.1 Å². The molecule has 5 atom stereocenters. The van der Waals surface area contributed by atoms with Crippen LogP contribution in [0.15, 0.2) is 60.7 Å². The van der Waals surface area contributed by atoms with Crippen LogP contribution in [0, 0.1) is 11.8 Å². The van der Waals surface area contributed by atoms with Gasteiger partial charge in [-0.2, -0.15) is 0 Å². The summed E-state index contributed by atoms with van der Waals surface area (Å²) in [5.41, 5.74) is 1.95. The van der Waals surface area contributed by atoms with Crippen LogP contribution < -0.4 is 5.32 Å². The lowest BCUT2D eigenvalue weighted by Gasteiger charge is -2.28. The summed E-state index contributed by atoms with van der Waals surface area (Å²) in [6.07, 6.45) is -0.811. The zero-order chi connectivity index (χ0) is 22.1. The molecule has 5 nitrogen and oxygen atoms in total. The summed E-state index contributed by atoms with van der Waals surface area (Å²) in [5, 5.41) is 2.85. The van der Waals surface area contributed by atoms with Crippen LogP contribution in [0.25, 0.3) is 0 Å². The van der Waals surface area contributed by atoms with Gasteiger partial charge in [0, 0.05) is 13.0 Å². The van der Waals surface area contributed by atoms with Crippen LogP contribution in [0.1, 0.15) is 57.4 Å². The molecule has 0 spiro atoms. The van der Waals surface area contributed by atoms with Crippen LogP contribution in [0.4, 0.5) is 4.79 Å². The molecule has 0 heterocycles. The van der Waals surface area contributed by atoms with Gasteiger partial charge in [-0.3, -0.25) is 4.79 Å². The number of carbonyl (C=O) groups excluding carboxylic acids is 2. The van der Waals surface area contributed by atoms with E-state index >= 15 is 0 Å². The molecule has 0 unspecified atom stereocenters. The molecule has 0 radical (unpaired) electrons. The van der Waals surface area contributed by atoms with E-state index in [1.54, 1.807) is 7.11 Å². The third kappa shape index (κ3) is 6.17. The van der Waals surface area contributed by atoms with E-state index in [-0.39, 0.29) is 23.8 Å². The normalized spacial score (nSPS) is 16.0. The van der Waals surface area contributed by atoms with Crippen molar-refractivity contribution in [3.63, 3.8) is 0 Å². The van der Waals surface area contributed by atoms with Gasteiger partial charge in [0.1, 0.15) is 11.9 Å².